The van der Waals surface area contributed by atoms with Crippen LogP contribution in [0.1, 0.15) is 43.1 Å². The summed E-state index contributed by atoms with van der Waals surface area (Å²) in [5.74, 6) is -1.43. The average molecular weight is 295 g/mol. The van der Waals surface area contributed by atoms with Gasteiger partial charge in [0.1, 0.15) is 5.69 Å². The maximum absolute atomic E-state index is 12.3. The van der Waals surface area contributed by atoms with Crippen molar-refractivity contribution in [2.45, 2.75) is 44.7 Å². The molecule has 21 heavy (non-hydrogen) atoms. The van der Waals surface area contributed by atoms with Crippen LogP contribution in [0, 0.1) is 10.1 Å². The van der Waals surface area contributed by atoms with Gasteiger partial charge in [0.05, 0.1) is 23.1 Å². The summed E-state index contributed by atoms with van der Waals surface area (Å²) in [5.41, 5.74) is -0.690. The standard InChI is InChI=1S/C13H17N3O5/c1-2-15-8-9(16(20)21)6-10(15)12(19)14-13(4-3-5-13)7-11(17)18/h6,8H,2-5,7H2,1H3,(H,14,19)(H,17,18). The molecule has 1 aromatic rings. The van der Waals surface area contributed by atoms with E-state index < -0.39 is 22.3 Å². The van der Waals surface area contributed by atoms with Gasteiger partial charge >= 0.3 is 5.97 Å². The van der Waals surface area contributed by atoms with Crippen molar-refractivity contribution in [1.82, 2.24) is 9.88 Å². The zero-order valence-corrected chi connectivity index (χ0v) is 11.7. The minimum atomic E-state index is -0.966. The summed E-state index contributed by atoms with van der Waals surface area (Å²) in [6.07, 6.45) is 3.26. The van der Waals surface area contributed by atoms with E-state index in [0.29, 0.717) is 19.4 Å². The van der Waals surface area contributed by atoms with Gasteiger partial charge < -0.3 is 15.0 Å². The third kappa shape index (κ3) is 3.04. The maximum atomic E-state index is 12.3. The lowest BCUT2D eigenvalue weighted by Gasteiger charge is -2.41. The molecular formula is C13H17N3O5. The fourth-order valence-corrected chi connectivity index (χ4v) is 2.59. The summed E-state index contributed by atoms with van der Waals surface area (Å²) in [6.45, 7) is 2.19. The van der Waals surface area contributed by atoms with Crippen molar-refractivity contribution in [3.8, 4) is 0 Å². The van der Waals surface area contributed by atoms with Crippen LogP contribution < -0.4 is 5.32 Å². The van der Waals surface area contributed by atoms with Gasteiger partial charge in [-0.15, -0.1) is 0 Å². The van der Waals surface area contributed by atoms with Crippen LogP contribution in [0.4, 0.5) is 5.69 Å². The second-order valence-corrected chi connectivity index (χ2v) is 5.29. The van der Waals surface area contributed by atoms with Gasteiger partial charge in [0, 0.05) is 12.6 Å². The molecule has 1 heterocycles. The lowest BCUT2D eigenvalue weighted by atomic mass is 9.74. The molecule has 1 aliphatic rings. The highest BCUT2D eigenvalue weighted by molar-refractivity contribution is 5.94. The highest BCUT2D eigenvalue weighted by Gasteiger charge is 2.41. The van der Waals surface area contributed by atoms with Crippen LogP contribution in [0.15, 0.2) is 12.3 Å². The second kappa shape index (κ2) is 5.55. The quantitative estimate of drug-likeness (QED) is 0.610. The number of hydrogen-bond acceptors (Lipinski definition) is 4. The van der Waals surface area contributed by atoms with Gasteiger partial charge in [-0.25, -0.2) is 0 Å². The first kappa shape index (κ1) is 15.0. The van der Waals surface area contributed by atoms with Gasteiger partial charge in [-0.1, -0.05) is 0 Å². The van der Waals surface area contributed by atoms with Crippen molar-refractivity contribution in [3.05, 3.63) is 28.1 Å². The number of aryl methyl sites for hydroxylation is 1. The molecule has 0 aliphatic heterocycles. The zero-order valence-electron chi connectivity index (χ0n) is 11.7. The van der Waals surface area contributed by atoms with Crippen molar-refractivity contribution in [3.63, 3.8) is 0 Å². The number of nitrogens with zero attached hydrogens (tertiary/aromatic N) is 2. The monoisotopic (exact) mass is 295 g/mol. The number of hydrogen-bond donors (Lipinski definition) is 2. The zero-order chi connectivity index (χ0) is 15.6. The van der Waals surface area contributed by atoms with Crippen LogP contribution in [0.25, 0.3) is 0 Å². The first-order valence-electron chi connectivity index (χ1n) is 6.76. The van der Waals surface area contributed by atoms with Crippen molar-refractivity contribution in [2.75, 3.05) is 0 Å². The maximum Gasteiger partial charge on any atom is 0.305 e. The third-order valence-corrected chi connectivity index (χ3v) is 3.85. The molecule has 1 aliphatic carbocycles. The SMILES string of the molecule is CCn1cc([N+](=O)[O-])cc1C(=O)NC1(CC(=O)O)CCC1. The van der Waals surface area contributed by atoms with Gasteiger partial charge in [-0.05, 0) is 26.2 Å². The fraction of sp³-hybridized carbons (Fsp3) is 0.538. The molecule has 0 bridgehead atoms. The number of rotatable bonds is 6. The van der Waals surface area contributed by atoms with E-state index in [-0.39, 0.29) is 17.8 Å². The molecular weight excluding hydrogens is 278 g/mol. The van der Waals surface area contributed by atoms with Crippen molar-refractivity contribution < 1.29 is 19.6 Å². The number of carboxylic acids is 1. The molecule has 1 aromatic heterocycles. The summed E-state index contributed by atoms with van der Waals surface area (Å²) >= 11 is 0. The smallest absolute Gasteiger partial charge is 0.305 e. The molecule has 0 radical (unpaired) electrons. The van der Waals surface area contributed by atoms with Gasteiger partial charge in [0.25, 0.3) is 11.6 Å². The second-order valence-electron chi connectivity index (χ2n) is 5.29. The Kier molecular flexibility index (Phi) is 3.97. The predicted molar refractivity (Wildman–Crippen MR) is 73.1 cm³/mol. The van der Waals surface area contributed by atoms with Gasteiger partial charge in [0.2, 0.25) is 0 Å². The van der Waals surface area contributed by atoms with Crippen LogP contribution in [0.5, 0.6) is 0 Å². The largest absolute Gasteiger partial charge is 0.481 e. The Balaban J connectivity index is 2.19. The Labute approximate surface area is 120 Å². The van der Waals surface area contributed by atoms with Crippen molar-refractivity contribution in [1.29, 1.82) is 0 Å². The van der Waals surface area contributed by atoms with Gasteiger partial charge in [-0.3, -0.25) is 19.7 Å². The lowest BCUT2D eigenvalue weighted by molar-refractivity contribution is -0.384. The topological polar surface area (TPSA) is 114 Å². The van der Waals surface area contributed by atoms with E-state index in [4.69, 9.17) is 5.11 Å². The molecule has 2 rings (SSSR count). The Bertz CT molecular complexity index is 589. The molecule has 1 fully saturated rings. The highest BCUT2D eigenvalue weighted by atomic mass is 16.6. The van der Waals surface area contributed by atoms with Crippen molar-refractivity contribution in [2.24, 2.45) is 0 Å². The number of carbonyl (C=O) groups is 2. The highest BCUT2D eigenvalue weighted by Crippen LogP contribution is 2.35. The molecule has 0 atom stereocenters. The molecule has 1 amide bonds. The van der Waals surface area contributed by atoms with E-state index in [9.17, 15) is 19.7 Å². The molecule has 1 saturated carbocycles. The van der Waals surface area contributed by atoms with Crippen LogP contribution >= 0.6 is 0 Å². The van der Waals surface area contributed by atoms with Crippen LogP contribution in [-0.2, 0) is 11.3 Å². The molecule has 0 aromatic carbocycles. The van der Waals surface area contributed by atoms with E-state index in [1.165, 1.54) is 16.8 Å². The van der Waals surface area contributed by atoms with E-state index in [0.717, 1.165) is 6.42 Å². The average Bonchev–Trinajstić information content (AvgIpc) is 2.79. The molecule has 114 valence electrons. The summed E-state index contributed by atoms with van der Waals surface area (Å²) < 4.78 is 1.49. The minimum absolute atomic E-state index is 0.131. The van der Waals surface area contributed by atoms with Crippen LogP contribution in [-0.4, -0.2) is 32.0 Å². The number of nitro groups is 1. The summed E-state index contributed by atoms with van der Waals surface area (Å²) in [4.78, 5) is 33.4. The van der Waals surface area contributed by atoms with E-state index in [1.54, 1.807) is 6.92 Å². The molecule has 0 saturated heterocycles. The number of nitrogens with one attached hydrogen (secondary N) is 1. The summed E-state index contributed by atoms with van der Waals surface area (Å²) in [5, 5.41) is 22.5. The van der Waals surface area contributed by atoms with Gasteiger partial charge in [0.15, 0.2) is 0 Å². The van der Waals surface area contributed by atoms with E-state index in [2.05, 4.69) is 5.32 Å². The van der Waals surface area contributed by atoms with Gasteiger partial charge in [-0.2, -0.15) is 0 Å². The predicted octanol–water partition coefficient (Wildman–Crippen LogP) is 1.54. The number of carbonyl (C=O) groups excluding carboxylic acids is 1. The molecule has 0 unspecified atom stereocenters. The number of amides is 1. The molecule has 2 N–H and O–H groups in total. The van der Waals surface area contributed by atoms with E-state index in [1.807, 2.05) is 0 Å². The summed E-state index contributed by atoms with van der Waals surface area (Å²) in [6, 6.07) is 1.21. The lowest BCUT2D eigenvalue weighted by Crippen LogP contribution is -2.54. The normalized spacial score (nSPS) is 16.0. The molecule has 8 heteroatoms. The number of aromatic nitrogens is 1. The van der Waals surface area contributed by atoms with E-state index >= 15 is 0 Å². The third-order valence-electron chi connectivity index (χ3n) is 3.85. The van der Waals surface area contributed by atoms with Crippen LogP contribution in [0.2, 0.25) is 0 Å². The first-order valence-corrected chi connectivity index (χ1v) is 6.76. The number of aliphatic carboxylic acids is 1. The fourth-order valence-electron chi connectivity index (χ4n) is 2.59. The van der Waals surface area contributed by atoms with Crippen molar-refractivity contribution >= 4 is 17.6 Å². The molecule has 0 spiro atoms. The first-order chi connectivity index (χ1) is 9.87. The Morgan fingerprint density at radius 3 is 2.62 bits per heavy atom. The Hall–Kier alpha value is -2.38. The summed E-state index contributed by atoms with van der Waals surface area (Å²) in [7, 11) is 0. The number of carboxylic acid groups (broad SMARTS) is 1. The molecule has 8 nitrogen and oxygen atoms in total. The Morgan fingerprint density at radius 1 is 1.52 bits per heavy atom. The minimum Gasteiger partial charge on any atom is -0.481 e. The Morgan fingerprint density at radius 2 is 2.19 bits per heavy atom. The van der Waals surface area contributed by atoms with Crippen LogP contribution in [0.3, 0.4) is 0 Å².